The van der Waals surface area contributed by atoms with Crippen molar-refractivity contribution < 1.29 is 5.48 Å². The Hall–Kier alpha value is -0.100. The van der Waals surface area contributed by atoms with E-state index in [-0.39, 0.29) is 5.48 Å². The van der Waals surface area contributed by atoms with Crippen molar-refractivity contribution in [2.45, 2.75) is 0 Å². The van der Waals surface area contributed by atoms with Crippen LogP contribution in [0.5, 0.6) is 0 Å². The summed E-state index contributed by atoms with van der Waals surface area (Å²) >= 11 is 5.60. The van der Waals surface area contributed by atoms with E-state index in [1.807, 2.05) is 24.3 Å². The molecule has 1 nitrogen and oxygen atoms in total. The Morgan fingerprint density at radius 3 is 1.89 bits per heavy atom. The molecule has 1 unspecified atom stereocenters. The van der Waals surface area contributed by atoms with Crippen LogP contribution < -0.4 is 5.30 Å². The Morgan fingerprint density at radius 2 is 1.56 bits per heavy atom. The van der Waals surface area contributed by atoms with Crippen LogP contribution in [0.4, 0.5) is 0 Å². The first-order valence-electron chi connectivity index (χ1n) is 2.30. The predicted molar refractivity (Wildman–Crippen MR) is 44.4 cm³/mol. The number of halogens is 1. The molecule has 3 heteroatoms. The Labute approximate surface area is 61.5 Å². The van der Waals surface area contributed by atoms with Gasteiger partial charge in [0.25, 0.3) is 0 Å². The average molecular weight is 163 g/mol. The maximum atomic E-state index is 5.60. The number of hydrogen-bond donors (Lipinski definition) is 0. The van der Waals surface area contributed by atoms with Crippen LogP contribution in [-0.2, 0) is 0 Å². The van der Waals surface area contributed by atoms with E-state index >= 15 is 0 Å². The molecular weight excluding hydrogens is 154 g/mol. The fourth-order valence-corrected chi connectivity index (χ4v) is 0.781. The lowest BCUT2D eigenvalue weighted by Gasteiger charge is -1.88. The van der Waals surface area contributed by atoms with Gasteiger partial charge in [-0.3, -0.25) is 0 Å². The molecule has 0 aliphatic carbocycles. The summed E-state index contributed by atoms with van der Waals surface area (Å²) in [5.74, 6) is 0. The predicted octanol–water partition coefficient (Wildman–Crippen LogP) is 1.02. The standard InChI is InChI=1S/C6H6ClP.H2O/c7-5-1-3-6(8)4-2-5;/h1-4H,8H2;1H2. The fraction of sp³-hybridized carbons (Fsp3) is 0. The van der Waals surface area contributed by atoms with Gasteiger partial charge in [0.2, 0.25) is 0 Å². The van der Waals surface area contributed by atoms with Gasteiger partial charge in [0.15, 0.2) is 0 Å². The van der Waals surface area contributed by atoms with Gasteiger partial charge in [0.05, 0.1) is 0 Å². The van der Waals surface area contributed by atoms with E-state index in [0.29, 0.717) is 0 Å². The molecule has 0 heterocycles. The van der Waals surface area contributed by atoms with E-state index in [2.05, 4.69) is 9.24 Å². The van der Waals surface area contributed by atoms with Crippen LogP contribution in [-0.4, -0.2) is 5.48 Å². The maximum absolute atomic E-state index is 5.60. The lowest BCUT2D eigenvalue weighted by molar-refractivity contribution is 0.824. The Balaban J connectivity index is 0.000000640. The van der Waals surface area contributed by atoms with Gasteiger partial charge in [-0.05, 0) is 17.4 Å². The van der Waals surface area contributed by atoms with Crippen molar-refractivity contribution >= 4 is 26.1 Å². The third-order valence-corrected chi connectivity index (χ3v) is 1.51. The minimum atomic E-state index is 0. The van der Waals surface area contributed by atoms with Gasteiger partial charge < -0.3 is 5.48 Å². The first-order valence-corrected chi connectivity index (χ1v) is 3.25. The zero-order chi connectivity index (χ0) is 5.98. The van der Waals surface area contributed by atoms with Gasteiger partial charge in [-0.1, -0.05) is 23.7 Å². The van der Waals surface area contributed by atoms with Crippen molar-refractivity contribution in [2.24, 2.45) is 0 Å². The van der Waals surface area contributed by atoms with Crippen LogP contribution in [0.2, 0.25) is 5.02 Å². The highest BCUT2D eigenvalue weighted by atomic mass is 35.5. The second-order valence-corrected chi connectivity index (χ2v) is 2.65. The monoisotopic (exact) mass is 162 g/mol. The summed E-state index contributed by atoms with van der Waals surface area (Å²) in [5.41, 5.74) is 0. The zero-order valence-corrected chi connectivity index (χ0v) is 6.68. The molecule has 1 atom stereocenters. The molecule has 0 saturated heterocycles. The molecule has 0 aromatic heterocycles. The Morgan fingerprint density at radius 1 is 1.11 bits per heavy atom. The van der Waals surface area contributed by atoms with Crippen LogP contribution in [0.25, 0.3) is 0 Å². The summed E-state index contributed by atoms with van der Waals surface area (Å²) in [6.07, 6.45) is 0. The van der Waals surface area contributed by atoms with E-state index in [1.165, 1.54) is 0 Å². The molecule has 0 bridgehead atoms. The zero-order valence-electron chi connectivity index (χ0n) is 4.76. The van der Waals surface area contributed by atoms with Crippen LogP contribution in [0.1, 0.15) is 0 Å². The minimum Gasteiger partial charge on any atom is -0.412 e. The van der Waals surface area contributed by atoms with Crippen LogP contribution in [0.15, 0.2) is 24.3 Å². The first kappa shape index (κ1) is 8.90. The lowest BCUT2D eigenvalue weighted by Crippen LogP contribution is -1.84. The second-order valence-electron chi connectivity index (χ2n) is 1.55. The molecule has 1 rings (SSSR count). The smallest absolute Gasteiger partial charge is 0.0406 e. The van der Waals surface area contributed by atoms with Gasteiger partial charge in [-0.15, -0.1) is 9.24 Å². The number of benzene rings is 1. The molecule has 1 aromatic rings. The fourth-order valence-electron chi connectivity index (χ4n) is 0.463. The van der Waals surface area contributed by atoms with Gasteiger partial charge in [-0.25, -0.2) is 0 Å². The van der Waals surface area contributed by atoms with E-state index in [9.17, 15) is 0 Å². The molecule has 50 valence electrons. The Kier molecular flexibility index (Phi) is 3.79. The maximum Gasteiger partial charge on any atom is 0.0406 e. The van der Waals surface area contributed by atoms with Gasteiger partial charge >= 0.3 is 0 Å². The van der Waals surface area contributed by atoms with Crippen molar-refractivity contribution in [3.8, 4) is 0 Å². The summed E-state index contributed by atoms with van der Waals surface area (Å²) in [6, 6.07) is 7.63. The van der Waals surface area contributed by atoms with Crippen LogP contribution in [0, 0.1) is 0 Å². The van der Waals surface area contributed by atoms with Crippen molar-refractivity contribution in [3.05, 3.63) is 29.3 Å². The molecule has 1 aromatic carbocycles. The third-order valence-electron chi connectivity index (χ3n) is 0.870. The summed E-state index contributed by atoms with van der Waals surface area (Å²) in [7, 11) is 2.59. The minimum absolute atomic E-state index is 0. The molecule has 0 saturated carbocycles. The lowest BCUT2D eigenvalue weighted by atomic mass is 10.4. The molecular formula is C6H8ClOP. The van der Waals surface area contributed by atoms with Gasteiger partial charge in [0, 0.05) is 5.02 Å². The van der Waals surface area contributed by atoms with E-state index < -0.39 is 0 Å². The summed E-state index contributed by atoms with van der Waals surface area (Å²) < 4.78 is 0. The van der Waals surface area contributed by atoms with Crippen molar-refractivity contribution in [1.82, 2.24) is 0 Å². The molecule has 0 aliphatic heterocycles. The second kappa shape index (κ2) is 3.84. The van der Waals surface area contributed by atoms with Gasteiger partial charge in [-0.2, -0.15) is 0 Å². The molecule has 0 spiro atoms. The summed E-state index contributed by atoms with van der Waals surface area (Å²) in [5, 5.41) is 1.95. The van der Waals surface area contributed by atoms with Crippen molar-refractivity contribution in [3.63, 3.8) is 0 Å². The molecule has 2 N–H and O–H groups in total. The van der Waals surface area contributed by atoms with Gasteiger partial charge in [0.1, 0.15) is 0 Å². The van der Waals surface area contributed by atoms with E-state index in [1.54, 1.807) is 0 Å². The largest absolute Gasteiger partial charge is 0.412 e. The first-order chi connectivity index (χ1) is 3.79. The molecule has 0 aliphatic rings. The topological polar surface area (TPSA) is 31.5 Å². The summed E-state index contributed by atoms with van der Waals surface area (Å²) in [6.45, 7) is 0. The quantitative estimate of drug-likeness (QED) is 0.510. The third kappa shape index (κ3) is 2.81. The Bertz CT molecular complexity index is 152. The highest BCUT2D eigenvalue weighted by Crippen LogP contribution is 2.04. The van der Waals surface area contributed by atoms with Crippen LogP contribution in [0.3, 0.4) is 0 Å². The number of hydrogen-bond acceptors (Lipinski definition) is 0. The van der Waals surface area contributed by atoms with Crippen molar-refractivity contribution in [1.29, 1.82) is 0 Å². The van der Waals surface area contributed by atoms with E-state index in [0.717, 1.165) is 10.3 Å². The highest BCUT2D eigenvalue weighted by Gasteiger charge is 1.82. The normalized spacial score (nSPS) is 8.22. The van der Waals surface area contributed by atoms with Crippen LogP contribution >= 0.6 is 20.8 Å². The van der Waals surface area contributed by atoms with E-state index in [4.69, 9.17) is 11.6 Å². The molecule has 0 radical (unpaired) electrons. The molecule has 0 fully saturated rings. The SMILES string of the molecule is O.Pc1ccc(Cl)cc1. The average Bonchev–Trinajstić information content (AvgIpc) is 1.77. The summed E-state index contributed by atoms with van der Waals surface area (Å²) in [4.78, 5) is 0. The highest BCUT2D eigenvalue weighted by molar-refractivity contribution is 7.27. The number of rotatable bonds is 0. The van der Waals surface area contributed by atoms with Crippen molar-refractivity contribution in [2.75, 3.05) is 0 Å². The molecule has 9 heavy (non-hydrogen) atoms. The molecule has 0 amide bonds.